The first-order valence-electron chi connectivity index (χ1n) is 4.58. The van der Waals surface area contributed by atoms with E-state index < -0.39 is 0 Å². The van der Waals surface area contributed by atoms with Crippen LogP contribution in [0.25, 0.3) is 10.9 Å². The third-order valence-electron chi connectivity index (χ3n) is 2.58. The summed E-state index contributed by atoms with van der Waals surface area (Å²) < 4.78 is 0. The maximum Gasteiger partial charge on any atom is 0.0732 e. The number of nitrogens with one attached hydrogen (secondary N) is 1. The lowest BCUT2D eigenvalue weighted by Crippen LogP contribution is -1.84. The van der Waals surface area contributed by atoms with E-state index in [2.05, 4.69) is 10.2 Å². The molecule has 3 N–H and O–H groups in total. The van der Waals surface area contributed by atoms with Gasteiger partial charge in [-0.2, -0.15) is 5.10 Å². The van der Waals surface area contributed by atoms with Crippen LogP contribution in [0, 0.1) is 0 Å². The van der Waals surface area contributed by atoms with E-state index in [0.29, 0.717) is 5.92 Å². The minimum atomic E-state index is 0.676. The number of aromatic nitrogens is 2. The molecule has 0 amide bonds. The van der Waals surface area contributed by atoms with Crippen LogP contribution in [0.1, 0.15) is 24.5 Å². The van der Waals surface area contributed by atoms with Crippen molar-refractivity contribution in [1.29, 1.82) is 0 Å². The number of nitrogen functional groups attached to an aromatic ring is 1. The Morgan fingerprint density at radius 2 is 2.23 bits per heavy atom. The quantitative estimate of drug-likeness (QED) is 0.648. The molecule has 0 unspecified atom stereocenters. The van der Waals surface area contributed by atoms with Crippen LogP contribution < -0.4 is 5.73 Å². The highest BCUT2D eigenvalue weighted by Gasteiger charge is 2.27. The van der Waals surface area contributed by atoms with Crippen LogP contribution >= 0.6 is 0 Å². The number of hydrogen-bond acceptors (Lipinski definition) is 2. The Morgan fingerprint density at radius 3 is 3.00 bits per heavy atom. The van der Waals surface area contributed by atoms with Crippen molar-refractivity contribution < 1.29 is 0 Å². The number of H-pyrrole nitrogens is 1. The van der Waals surface area contributed by atoms with E-state index in [4.69, 9.17) is 5.73 Å². The van der Waals surface area contributed by atoms with E-state index in [1.54, 1.807) is 0 Å². The van der Waals surface area contributed by atoms with Gasteiger partial charge >= 0.3 is 0 Å². The molecular formula is C10H11N3. The zero-order valence-electron chi connectivity index (χ0n) is 7.25. The van der Waals surface area contributed by atoms with Crippen LogP contribution in [0.4, 0.5) is 5.69 Å². The molecular weight excluding hydrogens is 162 g/mol. The van der Waals surface area contributed by atoms with Gasteiger partial charge in [-0.15, -0.1) is 0 Å². The Morgan fingerprint density at radius 1 is 1.38 bits per heavy atom. The zero-order valence-corrected chi connectivity index (χ0v) is 7.25. The van der Waals surface area contributed by atoms with Gasteiger partial charge in [-0.3, -0.25) is 5.10 Å². The second-order valence-electron chi connectivity index (χ2n) is 3.69. The minimum Gasteiger partial charge on any atom is -0.399 e. The maximum absolute atomic E-state index is 5.73. The third kappa shape index (κ3) is 1.00. The fourth-order valence-corrected chi connectivity index (χ4v) is 1.72. The molecule has 3 heteroatoms. The number of nitrogens with two attached hydrogens (primary N) is 1. The highest BCUT2D eigenvalue weighted by molar-refractivity contribution is 5.85. The van der Waals surface area contributed by atoms with Gasteiger partial charge in [0.05, 0.1) is 11.2 Å². The van der Waals surface area contributed by atoms with E-state index >= 15 is 0 Å². The summed E-state index contributed by atoms with van der Waals surface area (Å²) in [5.41, 5.74) is 8.84. The van der Waals surface area contributed by atoms with Crippen molar-refractivity contribution in [2.24, 2.45) is 0 Å². The van der Waals surface area contributed by atoms with Crippen LogP contribution in [0.2, 0.25) is 0 Å². The smallest absolute Gasteiger partial charge is 0.0732 e. The Labute approximate surface area is 75.9 Å². The van der Waals surface area contributed by atoms with Gasteiger partial charge in [-0.1, -0.05) is 0 Å². The van der Waals surface area contributed by atoms with Crippen LogP contribution in [0.5, 0.6) is 0 Å². The molecule has 1 heterocycles. The average Bonchev–Trinajstić information content (AvgIpc) is 2.87. The summed E-state index contributed by atoms with van der Waals surface area (Å²) in [6.45, 7) is 0. The van der Waals surface area contributed by atoms with Crippen molar-refractivity contribution in [1.82, 2.24) is 10.2 Å². The number of fused-ring (bicyclic) bond motifs is 1. The molecule has 1 aliphatic carbocycles. The monoisotopic (exact) mass is 173 g/mol. The lowest BCUT2D eigenvalue weighted by Gasteiger charge is -1.94. The van der Waals surface area contributed by atoms with Gasteiger partial charge in [0.1, 0.15) is 0 Å². The molecule has 2 aromatic rings. The molecule has 1 fully saturated rings. The van der Waals surface area contributed by atoms with Crippen LogP contribution in [0.3, 0.4) is 0 Å². The van der Waals surface area contributed by atoms with Crippen molar-refractivity contribution in [2.45, 2.75) is 18.8 Å². The summed E-state index contributed by atoms with van der Waals surface area (Å²) in [5.74, 6) is 0.676. The molecule has 3 nitrogen and oxygen atoms in total. The first kappa shape index (κ1) is 6.95. The van der Waals surface area contributed by atoms with Crippen molar-refractivity contribution in [3.05, 3.63) is 23.9 Å². The predicted molar refractivity (Wildman–Crippen MR) is 52.5 cm³/mol. The molecule has 0 radical (unpaired) electrons. The van der Waals surface area contributed by atoms with Gasteiger partial charge < -0.3 is 5.73 Å². The van der Waals surface area contributed by atoms with E-state index in [0.717, 1.165) is 11.2 Å². The van der Waals surface area contributed by atoms with Gasteiger partial charge in [-0.05, 0) is 31.0 Å². The van der Waals surface area contributed by atoms with Crippen LogP contribution in [-0.2, 0) is 0 Å². The molecule has 0 bridgehead atoms. The Kier molecular flexibility index (Phi) is 1.20. The molecule has 66 valence electrons. The minimum absolute atomic E-state index is 0.676. The largest absolute Gasteiger partial charge is 0.399 e. The molecule has 3 rings (SSSR count). The van der Waals surface area contributed by atoms with Crippen LogP contribution in [-0.4, -0.2) is 10.2 Å². The number of anilines is 1. The van der Waals surface area contributed by atoms with Gasteiger partial charge in [0.2, 0.25) is 0 Å². The van der Waals surface area contributed by atoms with E-state index in [-0.39, 0.29) is 0 Å². The topological polar surface area (TPSA) is 54.7 Å². The number of rotatable bonds is 1. The fraction of sp³-hybridized carbons (Fsp3) is 0.300. The summed E-state index contributed by atoms with van der Waals surface area (Å²) in [6.07, 6.45) is 2.55. The second kappa shape index (κ2) is 2.25. The Balaban J connectivity index is 2.29. The highest BCUT2D eigenvalue weighted by atomic mass is 15.1. The molecule has 1 aromatic heterocycles. The predicted octanol–water partition coefficient (Wildman–Crippen LogP) is 2.02. The molecule has 0 aliphatic heterocycles. The van der Waals surface area contributed by atoms with Crippen molar-refractivity contribution in [2.75, 3.05) is 5.73 Å². The standard InChI is InChI=1S/C10H11N3/c11-7-3-4-9-8(5-7)10(13-12-9)6-1-2-6/h3-6H,1-2,11H2,(H,12,13). The first-order chi connectivity index (χ1) is 6.34. The Bertz CT molecular complexity index is 454. The summed E-state index contributed by atoms with van der Waals surface area (Å²) in [7, 11) is 0. The zero-order chi connectivity index (χ0) is 8.84. The molecule has 0 atom stereocenters. The summed E-state index contributed by atoms with van der Waals surface area (Å²) in [5, 5.41) is 8.55. The number of hydrogen-bond donors (Lipinski definition) is 2. The molecule has 13 heavy (non-hydrogen) atoms. The fourth-order valence-electron chi connectivity index (χ4n) is 1.72. The van der Waals surface area contributed by atoms with E-state index in [9.17, 15) is 0 Å². The lowest BCUT2D eigenvalue weighted by atomic mass is 10.1. The summed E-state index contributed by atoms with van der Waals surface area (Å²) >= 11 is 0. The second-order valence-corrected chi connectivity index (χ2v) is 3.69. The molecule has 1 aliphatic rings. The first-order valence-corrected chi connectivity index (χ1v) is 4.58. The third-order valence-corrected chi connectivity index (χ3v) is 2.58. The van der Waals surface area contributed by atoms with Gasteiger partial charge in [0.15, 0.2) is 0 Å². The highest BCUT2D eigenvalue weighted by Crippen LogP contribution is 2.42. The van der Waals surface area contributed by atoms with Crippen molar-refractivity contribution in [3.63, 3.8) is 0 Å². The number of aromatic amines is 1. The summed E-state index contributed by atoms with van der Waals surface area (Å²) in [4.78, 5) is 0. The Hall–Kier alpha value is -1.51. The molecule has 1 aromatic carbocycles. The van der Waals surface area contributed by atoms with Gasteiger partial charge in [0, 0.05) is 17.0 Å². The van der Waals surface area contributed by atoms with Crippen molar-refractivity contribution >= 4 is 16.6 Å². The van der Waals surface area contributed by atoms with E-state index in [1.807, 2.05) is 18.2 Å². The lowest BCUT2D eigenvalue weighted by molar-refractivity contribution is 0.978. The molecule has 0 saturated heterocycles. The van der Waals surface area contributed by atoms with Gasteiger partial charge in [0.25, 0.3) is 0 Å². The van der Waals surface area contributed by atoms with E-state index in [1.165, 1.54) is 23.9 Å². The number of benzene rings is 1. The van der Waals surface area contributed by atoms with Gasteiger partial charge in [-0.25, -0.2) is 0 Å². The molecule has 1 saturated carbocycles. The molecule has 0 spiro atoms. The normalized spacial score (nSPS) is 16.6. The number of nitrogens with zero attached hydrogens (tertiary/aromatic N) is 1. The SMILES string of the molecule is Nc1ccc2[nH]nc(C3CC3)c2c1. The van der Waals surface area contributed by atoms with Crippen LogP contribution in [0.15, 0.2) is 18.2 Å². The average molecular weight is 173 g/mol. The summed E-state index contributed by atoms with van der Waals surface area (Å²) in [6, 6.07) is 5.90. The maximum atomic E-state index is 5.73. The van der Waals surface area contributed by atoms with Crippen molar-refractivity contribution in [3.8, 4) is 0 Å².